The van der Waals surface area contributed by atoms with E-state index < -0.39 is 0 Å². The lowest BCUT2D eigenvalue weighted by Crippen LogP contribution is -1.84. The summed E-state index contributed by atoms with van der Waals surface area (Å²) in [5.74, 6) is 0.0201. The van der Waals surface area contributed by atoms with Gasteiger partial charge in [-0.05, 0) is 18.2 Å². The number of nitrogens with one attached hydrogen (secondary N) is 1. The number of benzene rings is 1. The Morgan fingerprint density at radius 2 is 2.17 bits per heavy atom. The maximum absolute atomic E-state index is 12.6. The predicted molar refractivity (Wildman–Crippen MR) is 47.7 cm³/mol. The van der Waals surface area contributed by atoms with Crippen LogP contribution in [0.3, 0.4) is 0 Å². The Hall–Kier alpha value is -1.29. The van der Waals surface area contributed by atoms with Crippen molar-refractivity contribution < 1.29 is 4.39 Å². The molecule has 0 fully saturated rings. The molecule has 0 radical (unpaired) electrons. The van der Waals surface area contributed by atoms with Crippen molar-refractivity contribution in [3.8, 4) is 0 Å². The third-order valence-electron chi connectivity index (χ3n) is 1.46. The van der Waals surface area contributed by atoms with Crippen LogP contribution in [0.2, 0.25) is 0 Å². The van der Waals surface area contributed by atoms with Crippen LogP contribution >= 0.6 is 12.4 Å². The van der Waals surface area contributed by atoms with Crippen molar-refractivity contribution in [3.63, 3.8) is 0 Å². The van der Waals surface area contributed by atoms with Crippen LogP contribution in [0.5, 0.6) is 0 Å². The van der Waals surface area contributed by atoms with Gasteiger partial charge < -0.3 is 10.7 Å². The standard InChI is InChI=1S/C7H6FN3.ClH/c8-4-1-2-5-6(3-4)11-7(9)10-5;/h1-3H,(H3,9,10,11);1H. The van der Waals surface area contributed by atoms with Crippen molar-refractivity contribution in [1.29, 1.82) is 0 Å². The summed E-state index contributed by atoms with van der Waals surface area (Å²) >= 11 is 0. The maximum atomic E-state index is 12.6. The van der Waals surface area contributed by atoms with E-state index >= 15 is 0 Å². The molecule has 0 aliphatic heterocycles. The first-order chi connectivity index (χ1) is 5.25. The monoisotopic (exact) mass is 187 g/mol. The van der Waals surface area contributed by atoms with Gasteiger partial charge in [0.25, 0.3) is 0 Å². The highest BCUT2D eigenvalue weighted by Crippen LogP contribution is 2.12. The second kappa shape index (κ2) is 2.98. The molecule has 3 nitrogen and oxygen atoms in total. The van der Waals surface area contributed by atoms with Gasteiger partial charge in [-0.1, -0.05) is 0 Å². The Morgan fingerprint density at radius 1 is 1.42 bits per heavy atom. The lowest BCUT2D eigenvalue weighted by molar-refractivity contribution is 0.629. The lowest BCUT2D eigenvalue weighted by atomic mass is 10.3. The van der Waals surface area contributed by atoms with Gasteiger partial charge >= 0.3 is 0 Å². The van der Waals surface area contributed by atoms with Crippen molar-refractivity contribution in [2.24, 2.45) is 0 Å². The molecular weight excluding hydrogens is 181 g/mol. The van der Waals surface area contributed by atoms with E-state index in [1.54, 1.807) is 6.07 Å². The number of hydrogen-bond donors (Lipinski definition) is 2. The van der Waals surface area contributed by atoms with Crippen molar-refractivity contribution in [2.75, 3.05) is 5.73 Å². The molecule has 5 heteroatoms. The van der Waals surface area contributed by atoms with Crippen LogP contribution in [0.25, 0.3) is 11.0 Å². The number of fused-ring (bicyclic) bond motifs is 1. The molecule has 0 amide bonds. The number of H-pyrrole nitrogens is 1. The normalized spacial score (nSPS) is 9.75. The van der Waals surface area contributed by atoms with Gasteiger partial charge in [-0.3, -0.25) is 0 Å². The van der Waals surface area contributed by atoms with Crippen LogP contribution in [0.4, 0.5) is 10.3 Å². The number of anilines is 1. The van der Waals surface area contributed by atoms with Crippen LogP contribution in [-0.2, 0) is 0 Å². The molecule has 1 aromatic heterocycles. The second-order valence-corrected chi connectivity index (χ2v) is 2.28. The summed E-state index contributed by atoms with van der Waals surface area (Å²) in [7, 11) is 0. The number of nitrogens with zero attached hydrogens (tertiary/aromatic N) is 1. The van der Waals surface area contributed by atoms with Gasteiger partial charge in [0.1, 0.15) is 5.82 Å². The first kappa shape index (κ1) is 8.80. The van der Waals surface area contributed by atoms with E-state index in [4.69, 9.17) is 5.73 Å². The first-order valence-electron chi connectivity index (χ1n) is 3.16. The summed E-state index contributed by atoms with van der Waals surface area (Å²) in [6, 6.07) is 4.29. The van der Waals surface area contributed by atoms with Crippen molar-refractivity contribution in [3.05, 3.63) is 24.0 Å². The van der Waals surface area contributed by atoms with Gasteiger partial charge in [0.05, 0.1) is 11.0 Å². The summed E-state index contributed by atoms with van der Waals surface area (Å²) in [5, 5.41) is 0. The predicted octanol–water partition coefficient (Wildman–Crippen LogP) is 1.71. The van der Waals surface area contributed by atoms with Gasteiger partial charge in [0.2, 0.25) is 0 Å². The fraction of sp³-hybridized carbons (Fsp3) is 0. The zero-order chi connectivity index (χ0) is 7.84. The minimum absolute atomic E-state index is 0. The molecule has 0 saturated carbocycles. The summed E-state index contributed by atoms with van der Waals surface area (Å²) in [6.45, 7) is 0. The SMILES string of the molecule is Cl.Nc1nc2ccc(F)cc2[nH]1. The van der Waals surface area contributed by atoms with E-state index in [0.29, 0.717) is 17.0 Å². The smallest absolute Gasteiger partial charge is 0.198 e. The molecule has 64 valence electrons. The first-order valence-corrected chi connectivity index (χ1v) is 3.16. The Kier molecular flexibility index (Phi) is 2.19. The average molecular weight is 188 g/mol. The third-order valence-corrected chi connectivity index (χ3v) is 1.46. The summed E-state index contributed by atoms with van der Waals surface area (Å²) < 4.78 is 12.6. The fourth-order valence-corrected chi connectivity index (χ4v) is 1.00. The van der Waals surface area contributed by atoms with Gasteiger partial charge in [-0.25, -0.2) is 9.37 Å². The highest BCUT2D eigenvalue weighted by Gasteiger charge is 1.99. The van der Waals surface area contributed by atoms with Gasteiger partial charge in [-0.15, -0.1) is 12.4 Å². The highest BCUT2D eigenvalue weighted by atomic mass is 35.5. The van der Waals surface area contributed by atoms with Crippen LogP contribution in [0, 0.1) is 5.82 Å². The van der Waals surface area contributed by atoms with Gasteiger partial charge in [0.15, 0.2) is 5.95 Å². The topological polar surface area (TPSA) is 54.7 Å². The quantitative estimate of drug-likeness (QED) is 0.660. The lowest BCUT2D eigenvalue weighted by Gasteiger charge is -1.85. The molecule has 0 aliphatic carbocycles. The van der Waals surface area contributed by atoms with E-state index in [9.17, 15) is 4.39 Å². The minimum atomic E-state index is -0.291. The van der Waals surface area contributed by atoms with Crippen LogP contribution < -0.4 is 5.73 Å². The third kappa shape index (κ3) is 1.33. The molecule has 3 N–H and O–H groups in total. The molecule has 2 rings (SSSR count). The van der Waals surface area contributed by atoms with Gasteiger partial charge in [-0.2, -0.15) is 0 Å². The number of halogens is 2. The van der Waals surface area contributed by atoms with Crippen molar-refractivity contribution in [1.82, 2.24) is 9.97 Å². The number of rotatable bonds is 0. The zero-order valence-electron chi connectivity index (χ0n) is 6.04. The number of aromatic amines is 1. The number of imidazole rings is 1. The van der Waals surface area contributed by atoms with Gasteiger partial charge in [0, 0.05) is 0 Å². The number of aromatic nitrogens is 2. The molecule has 0 spiro atoms. The van der Waals surface area contributed by atoms with E-state index in [1.807, 2.05) is 0 Å². The maximum Gasteiger partial charge on any atom is 0.198 e. The Morgan fingerprint density at radius 3 is 2.92 bits per heavy atom. The van der Waals surface area contributed by atoms with E-state index in [2.05, 4.69) is 9.97 Å². The minimum Gasteiger partial charge on any atom is -0.369 e. The fourth-order valence-electron chi connectivity index (χ4n) is 1.00. The zero-order valence-corrected chi connectivity index (χ0v) is 6.86. The largest absolute Gasteiger partial charge is 0.369 e. The number of hydrogen-bond acceptors (Lipinski definition) is 2. The second-order valence-electron chi connectivity index (χ2n) is 2.28. The molecule has 0 atom stereocenters. The van der Waals surface area contributed by atoms with Crippen LogP contribution in [-0.4, -0.2) is 9.97 Å². The molecule has 0 unspecified atom stereocenters. The molecule has 0 bridgehead atoms. The van der Waals surface area contributed by atoms with Crippen LogP contribution in [0.1, 0.15) is 0 Å². The number of nitrogens with two attached hydrogens (primary N) is 1. The Labute approximate surface area is 74.2 Å². The molecular formula is C7H7ClFN3. The Bertz CT molecular complexity index is 398. The molecule has 1 heterocycles. The Balaban J connectivity index is 0.000000720. The number of nitrogen functional groups attached to an aromatic ring is 1. The molecule has 2 aromatic rings. The van der Waals surface area contributed by atoms with E-state index in [1.165, 1.54) is 12.1 Å². The van der Waals surface area contributed by atoms with Crippen LogP contribution in [0.15, 0.2) is 18.2 Å². The molecule has 1 aromatic carbocycles. The van der Waals surface area contributed by atoms with E-state index in [0.717, 1.165) is 0 Å². The summed E-state index contributed by atoms with van der Waals surface area (Å²) in [5.41, 5.74) is 6.66. The molecule has 12 heavy (non-hydrogen) atoms. The molecule has 0 saturated heterocycles. The highest BCUT2D eigenvalue weighted by molar-refractivity contribution is 5.85. The van der Waals surface area contributed by atoms with Crippen molar-refractivity contribution >= 4 is 29.4 Å². The van der Waals surface area contributed by atoms with Crippen molar-refractivity contribution in [2.45, 2.75) is 0 Å². The molecule has 0 aliphatic rings. The summed E-state index contributed by atoms with van der Waals surface area (Å²) in [6.07, 6.45) is 0. The summed E-state index contributed by atoms with van der Waals surface area (Å²) in [4.78, 5) is 6.64. The average Bonchev–Trinajstić information content (AvgIpc) is 2.27. The van der Waals surface area contributed by atoms with E-state index in [-0.39, 0.29) is 18.2 Å².